The first-order chi connectivity index (χ1) is 24.7. The third-order valence-corrected chi connectivity index (χ3v) is 10.5. The van der Waals surface area contributed by atoms with E-state index in [0.717, 1.165) is 33.3 Å². The number of ether oxygens (including phenoxy) is 3. The monoisotopic (exact) mass is 724 g/mol. The normalized spacial score (nSPS) is 11.5. The van der Waals surface area contributed by atoms with E-state index in [1.165, 1.54) is 26.4 Å². The van der Waals surface area contributed by atoms with Crippen LogP contribution in [0.2, 0.25) is 5.02 Å². The summed E-state index contributed by atoms with van der Waals surface area (Å²) in [4.78, 5) is 11.3. The zero-order valence-corrected chi connectivity index (χ0v) is 29.7. The van der Waals surface area contributed by atoms with Crippen LogP contribution in [0.15, 0.2) is 126 Å². The highest BCUT2D eigenvalue weighted by Crippen LogP contribution is 2.38. The zero-order valence-electron chi connectivity index (χ0n) is 28.1. The molecule has 51 heavy (non-hydrogen) atoms. The molecule has 0 fully saturated rings. The summed E-state index contributed by atoms with van der Waals surface area (Å²) in [5, 5.41) is 10.8. The van der Waals surface area contributed by atoms with Crippen LogP contribution in [0, 0.1) is 0 Å². The third kappa shape index (κ3) is 7.73. The number of hydrogen-bond acceptors (Lipinski definition) is 6. The molecular weight excluding hydrogens is 688 g/mol. The van der Waals surface area contributed by atoms with Crippen LogP contribution >= 0.6 is 11.6 Å². The minimum atomic E-state index is -4.06. The molecule has 0 saturated heterocycles. The van der Waals surface area contributed by atoms with Crippen LogP contribution in [-0.4, -0.2) is 51.4 Å². The fourth-order valence-corrected chi connectivity index (χ4v) is 7.96. The third-order valence-electron chi connectivity index (χ3n) is 8.70. The number of aromatic nitrogens is 1. The first kappa shape index (κ1) is 35.5. The lowest BCUT2D eigenvalue weighted by molar-refractivity contribution is 0.0696. The van der Waals surface area contributed by atoms with Crippen molar-refractivity contribution in [2.75, 3.05) is 27.4 Å². The number of carbonyl (C=O) groups is 1. The molecule has 9 nitrogen and oxygen atoms in total. The van der Waals surface area contributed by atoms with Crippen LogP contribution in [0.5, 0.6) is 17.2 Å². The van der Waals surface area contributed by atoms with Crippen LogP contribution in [0.4, 0.5) is 0 Å². The second kappa shape index (κ2) is 15.7. The highest BCUT2D eigenvalue weighted by atomic mass is 35.5. The lowest BCUT2D eigenvalue weighted by Crippen LogP contribution is -2.28. The molecule has 1 aromatic heterocycles. The Morgan fingerprint density at radius 2 is 1.41 bits per heavy atom. The van der Waals surface area contributed by atoms with Gasteiger partial charge in [0.1, 0.15) is 17.2 Å². The molecule has 0 atom stereocenters. The number of halogens is 1. The van der Waals surface area contributed by atoms with Crippen LogP contribution in [-0.2, 0) is 22.9 Å². The van der Waals surface area contributed by atoms with Gasteiger partial charge in [0.05, 0.1) is 32.4 Å². The van der Waals surface area contributed by atoms with E-state index in [-0.39, 0.29) is 41.2 Å². The predicted molar refractivity (Wildman–Crippen MR) is 198 cm³/mol. The number of rotatable bonds is 15. The molecule has 0 bridgehead atoms. The summed E-state index contributed by atoms with van der Waals surface area (Å²) in [6.07, 6.45) is 0.783. The summed E-state index contributed by atoms with van der Waals surface area (Å²) >= 11 is 6.62. The van der Waals surface area contributed by atoms with Gasteiger partial charge in [-0.15, -0.1) is 0 Å². The van der Waals surface area contributed by atoms with Crippen molar-refractivity contribution in [2.45, 2.75) is 23.8 Å². The molecule has 262 valence electrons. The fraction of sp³-hybridized carbons (Fsp3) is 0.175. The van der Waals surface area contributed by atoms with Gasteiger partial charge in [0.2, 0.25) is 10.0 Å². The number of fused-ring (bicyclic) bond motifs is 1. The molecule has 6 rings (SSSR count). The molecule has 6 aromatic rings. The average molecular weight is 725 g/mol. The Morgan fingerprint density at radius 1 is 0.804 bits per heavy atom. The molecule has 0 amide bonds. The van der Waals surface area contributed by atoms with Crippen molar-refractivity contribution in [2.24, 2.45) is 0 Å². The van der Waals surface area contributed by atoms with E-state index >= 15 is 0 Å². The Hall–Kier alpha value is -5.29. The molecule has 0 saturated carbocycles. The van der Waals surface area contributed by atoms with E-state index in [2.05, 4.69) is 33.6 Å². The highest BCUT2D eigenvalue weighted by molar-refractivity contribution is 7.89. The summed E-state index contributed by atoms with van der Waals surface area (Å²) in [5.74, 6) is -0.128. The number of carboxylic acid groups (broad SMARTS) is 1. The number of carboxylic acids is 1. The number of nitrogens with one attached hydrogen (secondary N) is 1. The smallest absolute Gasteiger partial charge is 0.335 e. The molecule has 11 heteroatoms. The van der Waals surface area contributed by atoms with Gasteiger partial charge in [0.15, 0.2) is 4.90 Å². The van der Waals surface area contributed by atoms with Gasteiger partial charge in [-0.2, -0.15) is 0 Å². The van der Waals surface area contributed by atoms with Gasteiger partial charge in [0.25, 0.3) is 0 Å². The largest absolute Gasteiger partial charge is 0.495 e. The SMILES string of the molecule is COc1cccc(OC)c1S(=O)(=O)NCCc1c(CCOc2ccc(C(=O)O)cc2)c2cc(Cl)ccc2n1C(c1ccccc1)c1ccccc1. The van der Waals surface area contributed by atoms with Crippen molar-refractivity contribution in [3.8, 4) is 17.2 Å². The molecule has 0 unspecified atom stereocenters. The molecule has 5 aromatic carbocycles. The van der Waals surface area contributed by atoms with E-state index in [1.807, 2.05) is 54.6 Å². The summed E-state index contributed by atoms with van der Waals surface area (Å²) in [7, 11) is -1.23. The summed E-state index contributed by atoms with van der Waals surface area (Å²) < 4.78 is 49.5. The van der Waals surface area contributed by atoms with Crippen molar-refractivity contribution in [3.63, 3.8) is 0 Å². The standard InChI is InChI=1S/C40H37ClN2O7S/c1-48-36-14-9-15-37(49-2)39(36)51(46,47)42-24-22-35-32(23-25-50-31-19-16-29(17-20-31)40(44)45)33-26-30(41)18-21-34(33)43(35)38(27-10-5-3-6-11-27)28-12-7-4-8-13-28/h3-21,26,38,42H,22-25H2,1-2H3,(H,44,45). The molecule has 0 radical (unpaired) electrons. The Kier molecular flexibility index (Phi) is 11.0. The minimum absolute atomic E-state index is 0.0639. The number of nitrogens with zero attached hydrogens (tertiary/aromatic N) is 1. The molecule has 1 heterocycles. The molecule has 0 aliphatic carbocycles. The molecule has 0 aliphatic rings. The average Bonchev–Trinajstić information content (AvgIpc) is 3.43. The maximum absolute atomic E-state index is 13.8. The van der Waals surface area contributed by atoms with Gasteiger partial charge >= 0.3 is 5.97 Å². The number of sulfonamides is 1. The van der Waals surface area contributed by atoms with Crippen LogP contribution in [0.3, 0.4) is 0 Å². The van der Waals surface area contributed by atoms with Crippen molar-refractivity contribution in [1.29, 1.82) is 0 Å². The maximum atomic E-state index is 13.8. The van der Waals surface area contributed by atoms with E-state index in [4.69, 9.17) is 25.8 Å². The van der Waals surface area contributed by atoms with Gasteiger partial charge in [-0.3, -0.25) is 0 Å². The second-order valence-electron chi connectivity index (χ2n) is 11.7. The van der Waals surface area contributed by atoms with Crippen molar-refractivity contribution >= 4 is 38.5 Å². The number of methoxy groups -OCH3 is 2. The maximum Gasteiger partial charge on any atom is 0.335 e. The van der Waals surface area contributed by atoms with Crippen LogP contribution in [0.1, 0.15) is 38.8 Å². The van der Waals surface area contributed by atoms with E-state index < -0.39 is 16.0 Å². The first-order valence-corrected chi connectivity index (χ1v) is 18.2. The van der Waals surface area contributed by atoms with E-state index in [1.54, 1.807) is 30.3 Å². The van der Waals surface area contributed by atoms with Crippen LogP contribution in [0.25, 0.3) is 10.9 Å². The quantitative estimate of drug-likeness (QED) is 0.111. The fourth-order valence-electron chi connectivity index (χ4n) is 6.44. The van der Waals surface area contributed by atoms with Gasteiger partial charge in [0, 0.05) is 41.0 Å². The second-order valence-corrected chi connectivity index (χ2v) is 13.9. The van der Waals surface area contributed by atoms with Crippen molar-refractivity contribution in [3.05, 3.63) is 154 Å². The number of benzene rings is 5. The molecule has 2 N–H and O–H groups in total. The highest BCUT2D eigenvalue weighted by Gasteiger charge is 2.28. The Balaban J connectivity index is 1.44. The lowest BCUT2D eigenvalue weighted by atomic mass is 9.97. The summed E-state index contributed by atoms with van der Waals surface area (Å²) in [6, 6.07) is 37.0. The summed E-state index contributed by atoms with van der Waals surface area (Å²) in [6.45, 7) is 0.338. The number of hydrogen-bond donors (Lipinski definition) is 2. The van der Waals surface area contributed by atoms with E-state index in [0.29, 0.717) is 23.6 Å². The van der Waals surface area contributed by atoms with Gasteiger partial charge < -0.3 is 23.9 Å². The lowest BCUT2D eigenvalue weighted by Gasteiger charge is -2.25. The van der Waals surface area contributed by atoms with Gasteiger partial charge in [-0.1, -0.05) is 78.3 Å². The predicted octanol–water partition coefficient (Wildman–Crippen LogP) is 7.79. The van der Waals surface area contributed by atoms with Gasteiger partial charge in [-0.25, -0.2) is 17.9 Å². The van der Waals surface area contributed by atoms with Crippen molar-refractivity contribution in [1.82, 2.24) is 9.29 Å². The van der Waals surface area contributed by atoms with Gasteiger partial charge in [-0.05, 0) is 71.3 Å². The number of aromatic carboxylic acids is 1. The Bertz CT molecular complexity index is 2180. The Morgan fingerprint density at radius 3 is 1.98 bits per heavy atom. The minimum Gasteiger partial charge on any atom is -0.495 e. The molecule has 0 spiro atoms. The molecule has 0 aliphatic heterocycles. The first-order valence-electron chi connectivity index (χ1n) is 16.3. The molecular formula is C40H37ClN2O7S. The zero-order chi connectivity index (χ0) is 36.0. The van der Waals surface area contributed by atoms with Crippen LogP contribution < -0.4 is 18.9 Å². The summed E-state index contributed by atoms with van der Waals surface area (Å²) in [5.41, 5.74) is 5.07. The topological polar surface area (TPSA) is 116 Å². The Labute approximate surface area is 302 Å². The van der Waals surface area contributed by atoms with E-state index in [9.17, 15) is 18.3 Å². The van der Waals surface area contributed by atoms with Crippen molar-refractivity contribution < 1.29 is 32.5 Å².